The minimum Gasteiger partial charge on any atom is -0.478 e. The quantitative estimate of drug-likeness (QED) is 0.380. The van der Waals surface area contributed by atoms with Crippen LogP contribution in [-0.4, -0.2) is 83.5 Å². The van der Waals surface area contributed by atoms with Crippen molar-refractivity contribution in [2.75, 3.05) is 39.5 Å². The number of hydrogen-bond donors (Lipinski definition) is 2. The van der Waals surface area contributed by atoms with Crippen LogP contribution in [0.3, 0.4) is 0 Å². The van der Waals surface area contributed by atoms with Crippen molar-refractivity contribution in [3.63, 3.8) is 0 Å². The number of rotatable bonds is 9. The van der Waals surface area contributed by atoms with Gasteiger partial charge in [0.15, 0.2) is 0 Å². The molecule has 0 aliphatic carbocycles. The van der Waals surface area contributed by atoms with Crippen molar-refractivity contribution in [3.8, 4) is 0 Å². The average Bonchev–Trinajstić information content (AvgIpc) is 3.33. The van der Waals surface area contributed by atoms with E-state index in [4.69, 9.17) is 19.7 Å². The Labute approximate surface area is 233 Å². The second kappa shape index (κ2) is 14.3. The third kappa shape index (κ3) is 7.91. The zero-order valence-electron chi connectivity index (χ0n) is 22.2. The summed E-state index contributed by atoms with van der Waals surface area (Å²) < 4.78 is 11.1. The number of nitrogens with zero attached hydrogens (tertiary/aromatic N) is 2. The van der Waals surface area contributed by atoms with E-state index in [-0.39, 0.29) is 18.2 Å². The summed E-state index contributed by atoms with van der Waals surface area (Å²) in [6.45, 7) is 4.84. The molecule has 0 saturated carbocycles. The van der Waals surface area contributed by atoms with Crippen LogP contribution in [-0.2, 0) is 25.5 Å². The molecule has 2 fully saturated rings. The van der Waals surface area contributed by atoms with Crippen molar-refractivity contribution in [1.29, 1.82) is 0 Å². The number of aliphatic carboxylic acids is 2. The standard InChI is InChI=1S/C27H30N2O3.C4H4O4/c30-27-29(24(20-32-27)19-23-11-6-10-21-7-4-5-12-25(21)23)26(22-8-2-1-3-9-22)13-14-28-15-17-31-18-16-28;5-3(6)1-2-4(7)8/h1-12,24,26H,13-20H2;1-2H,(H,5,6)(H,7,8). The number of hydrogen-bond acceptors (Lipinski definition) is 6. The maximum atomic E-state index is 13.0. The number of carbonyl (C=O) groups excluding carboxylic acids is 1. The third-order valence-corrected chi connectivity index (χ3v) is 7.05. The van der Waals surface area contributed by atoms with Gasteiger partial charge in [-0.1, -0.05) is 72.8 Å². The van der Waals surface area contributed by atoms with Gasteiger partial charge < -0.3 is 19.7 Å². The van der Waals surface area contributed by atoms with Crippen molar-refractivity contribution in [1.82, 2.24) is 9.80 Å². The van der Waals surface area contributed by atoms with Crippen LogP contribution in [0, 0.1) is 0 Å². The van der Waals surface area contributed by atoms with E-state index in [9.17, 15) is 14.4 Å². The van der Waals surface area contributed by atoms with Gasteiger partial charge in [0.1, 0.15) is 6.61 Å². The van der Waals surface area contributed by atoms with Crippen LogP contribution in [0.2, 0.25) is 0 Å². The lowest BCUT2D eigenvalue weighted by atomic mass is 9.95. The molecule has 2 unspecified atom stereocenters. The maximum absolute atomic E-state index is 13.0. The summed E-state index contributed by atoms with van der Waals surface area (Å²) in [7, 11) is 0. The summed E-state index contributed by atoms with van der Waals surface area (Å²) >= 11 is 0. The number of carboxylic acid groups (broad SMARTS) is 2. The monoisotopic (exact) mass is 546 g/mol. The van der Waals surface area contributed by atoms with Gasteiger partial charge in [-0.05, 0) is 34.7 Å². The molecule has 2 aliphatic heterocycles. The number of carbonyl (C=O) groups is 3. The average molecular weight is 547 g/mol. The van der Waals surface area contributed by atoms with Crippen LogP contribution in [0.4, 0.5) is 4.79 Å². The Hall–Kier alpha value is -4.21. The van der Waals surface area contributed by atoms with Gasteiger partial charge in [-0.2, -0.15) is 0 Å². The lowest BCUT2D eigenvalue weighted by Gasteiger charge is -2.34. The minimum absolute atomic E-state index is 0.00554. The van der Waals surface area contributed by atoms with Crippen LogP contribution in [0.25, 0.3) is 10.8 Å². The Kier molecular flexibility index (Phi) is 10.3. The molecule has 40 heavy (non-hydrogen) atoms. The first-order valence-corrected chi connectivity index (χ1v) is 13.3. The summed E-state index contributed by atoms with van der Waals surface area (Å²) in [4.78, 5) is 36.5. The predicted octanol–water partition coefficient (Wildman–Crippen LogP) is 4.38. The smallest absolute Gasteiger partial charge is 0.410 e. The number of carboxylic acids is 2. The first kappa shape index (κ1) is 28.8. The first-order chi connectivity index (χ1) is 19.4. The molecule has 0 bridgehead atoms. The molecule has 0 spiro atoms. The molecule has 9 heteroatoms. The molecular weight excluding hydrogens is 512 g/mol. The molecule has 2 heterocycles. The number of fused-ring (bicyclic) bond motifs is 1. The summed E-state index contributed by atoms with van der Waals surface area (Å²) in [6, 6.07) is 25.3. The van der Waals surface area contributed by atoms with Crippen LogP contribution in [0.15, 0.2) is 84.9 Å². The van der Waals surface area contributed by atoms with Crippen LogP contribution in [0.5, 0.6) is 0 Å². The highest BCUT2D eigenvalue weighted by Gasteiger charge is 2.39. The summed E-state index contributed by atoms with van der Waals surface area (Å²) in [6.07, 6.45) is 2.58. The van der Waals surface area contributed by atoms with Gasteiger partial charge >= 0.3 is 18.0 Å². The largest absolute Gasteiger partial charge is 0.478 e. The molecular formula is C31H34N2O7. The van der Waals surface area contributed by atoms with Crippen LogP contribution >= 0.6 is 0 Å². The Bertz CT molecular complexity index is 1300. The van der Waals surface area contributed by atoms with Crippen LogP contribution < -0.4 is 0 Å². The minimum atomic E-state index is -1.26. The van der Waals surface area contributed by atoms with E-state index in [2.05, 4.69) is 71.6 Å². The molecule has 2 aliphatic rings. The lowest BCUT2D eigenvalue weighted by molar-refractivity contribution is -0.134. The molecule has 3 aromatic rings. The molecule has 2 saturated heterocycles. The molecule has 3 aromatic carbocycles. The molecule has 210 valence electrons. The molecule has 9 nitrogen and oxygen atoms in total. The van der Waals surface area contributed by atoms with E-state index >= 15 is 0 Å². The molecule has 2 N–H and O–H groups in total. The van der Waals surface area contributed by atoms with Gasteiger partial charge in [-0.15, -0.1) is 0 Å². The second-order valence-electron chi connectivity index (χ2n) is 9.66. The zero-order valence-corrected chi connectivity index (χ0v) is 22.2. The zero-order chi connectivity index (χ0) is 28.3. The topological polar surface area (TPSA) is 117 Å². The third-order valence-electron chi connectivity index (χ3n) is 7.05. The summed E-state index contributed by atoms with van der Waals surface area (Å²) in [5.41, 5.74) is 2.43. The second-order valence-corrected chi connectivity index (χ2v) is 9.66. The Morgan fingerprint density at radius 2 is 1.55 bits per heavy atom. The number of cyclic esters (lactones) is 1. The van der Waals surface area contributed by atoms with Crippen molar-refractivity contribution < 1.29 is 34.1 Å². The normalized spacial score (nSPS) is 18.2. The summed E-state index contributed by atoms with van der Waals surface area (Å²) in [5, 5.41) is 18.1. The number of morpholine rings is 1. The number of benzene rings is 3. The van der Waals surface area contributed by atoms with Crippen molar-refractivity contribution in [3.05, 3.63) is 96.1 Å². The fourth-order valence-electron chi connectivity index (χ4n) is 5.15. The van der Waals surface area contributed by atoms with Crippen molar-refractivity contribution >= 4 is 28.8 Å². The molecule has 0 radical (unpaired) electrons. The predicted molar refractivity (Wildman–Crippen MR) is 150 cm³/mol. The fourth-order valence-corrected chi connectivity index (χ4v) is 5.15. The van der Waals surface area contributed by atoms with E-state index in [1.54, 1.807) is 0 Å². The molecule has 2 atom stereocenters. The first-order valence-electron chi connectivity index (χ1n) is 13.3. The van der Waals surface area contributed by atoms with E-state index in [0.29, 0.717) is 18.8 Å². The van der Waals surface area contributed by atoms with Crippen molar-refractivity contribution in [2.24, 2.45) is 0 Å². The number of amides is 1. The Balaban J connectivity index is 0.000000406. The highest BCUT2D eigenvalue weighted by molar-refractivity contribution is 5.89. The van der Waals surface area contributed by atoms with Gasteiger partial charge in [0.2, 0.25) is 0 Å². The number of ether oxygens (including phenoxy) is 2. The van der Waals surface area contributed by atoms with Gasteiger partial charge in [0, 0.05) is 31.8 Å². The van der Waals surface area contributed by atoms with E-state index in [1.165, 1.54) is 21.9 Å². The van der Waals surface area contributed by atoms with E-state index in [0.717, 1.165) is 45.7 Å². The Morgan fingerprint density at radius 1 is 0.900 bits per heavy atom. The van der Waals surface area contributed by atoms with Crippen molar-refractivity contribution in [2.45, 2.75) is 24.9 Å². The molecule has 5 rings (SSSR count). The van der Waals surface area contributed by atoms with Gasteiger partial charge in [-0.3, -0.25) is 9.80 Å². The lowest BCUT2D eigenvalue weighted by Crippen LogP contribution is -2.42. The van der Waals surface area contributed by atoms with E-state index < -0.39 is 11.9 Å². The van der Waals surface area contributed by atoms with Crippen LogP contribution in [0.1, 0.15) is 23.6 Å². The molecule has 0 aromatic heterocycles. The molecule has 1 amide bonds. The Morgan fingerprint density at radius 3 is 2.25 bits per heavy atom. The highest BCUT2D eigenvalue weighted by Crippen LogP contribution is 2.33. The SMILES string of the molecule is O=C(O)C=CC(=O)O.O=C1OCC(Cc2cccc3ccccc23)N1C(CCN1CCOCC1)c1ccccc1. The van der Waals surface area contributed by atoms with E-state index in [1.807, 2.05) is 11.0 Å². The highest BCUT2D eigenvalue weighted by atomic mass is 16.6. The van der Waals surface area contributed by atoms with Gasteiger partial charge in [0.05, 0.1) is 25.3 Å². The van der Waals surface area contributed by atoms with Gasteiger partial charge in [0.25, 0.3) is 0 Å². The fraction of sp³-hybridized carbons (Fsp3) is 0.323. The van der Waals surface area contributed by atoms with Gasteiger partial charge in [-0.25, -0.2) is 14.4 Å². The summed E-state index contributed by atoms with van der Waals surface area (Å²) in [5.74, 6) is -2.51. The maximum Gasteiger partial charge on any atom is 0.410 e.